The van der Waals surface area contributed by atoms with Gasteiger partial charge in [-0.05, 0) is 75.0 Å². The summed E-state index contributed by atoms with van der Waals surface area (Å²) in [6, 6.07) is 3.70. The second kappa shape index (κ2) is 6.76. The van der Waals surface area contributed by atoms with Crippen LogP contribution in [-0.4, -0.2) is 25.8 Å². The number of carbonyl (C=O) groups is 1. The zero-order valence-corrected chi connectivity index (χ0v) is 14.7. The van der Waals surface area contributed by atoms with Crippen molar-refractivity contribution in [2.75, 3.05) is 0 Å². The van der Waals surface area contributed by atoms with Gasteiger partial charge >= 0.3 is 0 Å². The third kappa shape index (κ3) is 3.21. The molecule has 1 aromatic carbocycles. The SMILES string of the molecule is CC(C)n1c(CNC(=O)c2cc3c(cc2O)CCCC3)n[nH]c1=S. The average molecular weight is 346 g/mol. The quantitative estimate of drug-likeness (QED) is 0.743. The molecule has 0 radical (unpaired) electrons. The lowest BCUT2D eigenvalue weighted by Gasteiger charge is -2.17. The molecule has 0 saturated heterocycles. The first-order valence-corrected chi connectivity index (χ1v) is 8.67. The van der Waals surface area contributed by atoms with Crippen LogP contribution in [-0.2, 0) is 19.4 Å². The van der Waals surface area contributed by atoms with E-state index in [0.717, 1.165) is 36.8 Å². The molecule has 1 aliphatic carbocycles. The minimum atomic E-state index is -0.301. The van der Waals surface area contributed by atoms with Gasteiger partial charge in [0.15, 0.2) is 10.6 Å². The van der Waals surface area contributed by atoms with Crippen molar-refractivity contribution in [2.24, 2.45) is 0 Å². The number of aromatic nitrogens is 3. The Morgan fingerprint density at radius 3 is 2.71 bits per heavy atom. The molecule has 7 heteroatoms. The van der Waals surface area contributed by atoms with Gasteiger partial charge < -0.3 is 15.0 Å². The van der Waals surface area contributed by atoms with E-state index in [9.17, 15) is 9.90 Å². The topological polar surface area (TPSA) is 82.9 Å². The summed E-state index contributed by atoms with van der Waals surface area (Å²) in [6.07, 6.45) is 4.19. The minimum Gasteiger partial charge on any atom is -0.507 e. The Hall–Kier alpha value is -2.15. The first kappa shape index (κ1) is 16.7. The van der Waals surface area contributed by atoms with Gasteiger partial charge in [0.2, 0.25) is 0 Å². The Morgan fingerprint density at radius 2 is 2.04 bits per heavy atom. The molecule has 0 saturated carbocycles. The van der Waals surface area contributed by atoms with Crippen molar-refractivity contribution < 1.29 is 9.90 Å². The van der Waals surface area contributed by atoms with Crippen LogP contribution in [0.15, 0.2) is 12.1 Å². The highest BCUT2D eigenvalue weighted by Gasteiger charge is 2.18. The van der Waals surface area contributed by atoms with Crippen LogP contribution in [0.5, 0.6) is 5.75 Å². The number of aromatic hydroxyl groups is 1. The molecule has 0 atom stereocenters. The fraction of sp³-hybridized carbons (Fsp3) is 0.471. The third-order valence-electron chi connectivity index (χ3n) is 4.41. The standard InChI is InChI=1S/C17H22N4O2S/c1-10(2)21-15(19-20-17(21)24)9-18-16(23)13-7-11-5-3-4-6-12(11)8-14(13)22/h7-8,10,22H,3-6,9H2,1-2H3,(H,18,23)(H,20,24). The molecule has 0 aliphatic heterocycles. The number of aryl methyl sites for hydroxylation is 2. The van der Waals surface area contributed by atoms with Gasteiger partial charge in [-0.3, -0.25) is 9.89 Å². The number of hydrogen-bond donors (Lipinski definition) is 3. The molecule has 128 valence electrons. The highest BCUT2D eigenvalue weighted by Crippen LogP contribution is 2.28. The average Bonchev–Trinajstić information content (AvgIpc) is 2.92. The summed E-state index contributed by atoms with van der Waals surface area (Å²) < 4.78 is 2.40. The Balaban J connectivity index is 1.77. The lowest BCUT2D eigenvalue weighted by Crippen LogP contribution is -2.25. The maximum atomic E-state index is 12.5. The molecule has 0 unspecified atom stereocenters. The van der Waals surface area contributed by atoms with Gasteiger partial charge in [-0.25, -0.2) is 0 Å². The molecule has 3 rings (SSSR count). The number of fused-ring (bicyclic) bond motifs is 1. The molecule has 1 amide bonds. The second-order valence-electron chi connectivity index (χ2n) is 6.44. The summed E-state index contributed by atoms with van der Waals surface area (Å²) in [5, 5.41) is 19.9. The van der Waals surface area contributed by atoms with E-state index in [1.165, 1.54) is 0 Å². The molecule has 0 fully saturated rings. The van der Waals surface area contributed by atoms with Crippen molar-refractivity contribution in [1.29, 1.82) is 0 Å². The van der Waals surface area contributed by atoms with Crippen molar-refractivity contribution in [2.45, 2.75) is 52.1 Å². The van der Waals surface area contributed by atoms with Gasteiger partial charge in [-0.1, -0.05) is 0 Å². The van der Waals surface area contributed by atoms with Crippen LogP contribution in [0, 0.1) is 4.77 Å². The predicted molar refractivity (Wildman–Crippen MR) is 93.7 cm³/mol. The Kier molecular flexibility index (Phi) is 4.71. The third-order valence-corrected chi connectivity index (χ3v) is 4.69. The number of phenolic OH excluding ortho intramolecular Hbond substituents is 1. The maximum absolute atomic E-state index is 12.5. The van der Waals surface area contributed by atoms with Crippen LogP contribution in [0.2, 0.25) is 0 Å². The number of benzene rings is 1. The Bertz CT molecular complexity index is 822. The maximum Gasteiger partial charge on any atom is 0.255 e. The first-order valence-electron chi connectivity index (χ1n) is 8.26. The molecule has 1 heterocycles. The second-order valence-corrected chi connectivity index (χ2v) is 6.82. The van der Waals surface area contributed by atoms with E-state index in [4.69, 9.17) is 12.2 Å². The largest absolute Gasteiger partial charge is 0.507 e. The lowest BCUT2D eigenvalue weighted by atomic mass is 9.90. The van der Waals surface area contributed by atoms with Gasteiger partial charge in [0.1, 0.15) is 5.75 Å². The van der Waals surface area contributed by atoms with Crippen LogP contribution in [0.25, 0.3) is 0 Å². The Morgan fingerprint density at radius 1 is 1.38 bits per heavy atom. The van der Waals surface area contributed by atoms with Gasteiger partial charge in [0.25, 0.3) is 5.91 Å². The Labute approximate surface area is 145 Å². The summed E-state index contributed by atoms with van der Waals surface area (Å²) in [7, 11) is 0. The van der Waals surface area contributed by atoms with Gasteiger partial charge in [0, 0.05) is 6.04 Å². The van der Waals surface area contributed by atoms with Crippen LogP contribution in [0.3, 0.4) is 0 Å². The molecule has 3 N–H and O–H groups in total. The zero-order valence-electron chi connectivity index (χ0n) is 13.9. The summed E-state index contributed by atoms with van der Waals surface area (Å²) in [6.45, 7) is 4.26. The molecule has 1 aromatic heterocycles. The van der Waals surface area contributed by atoms with Crippen molar-refractivity contribution in [3.63, 3.8) is 0 Å². The molecule has 6 nitrogen and oxygen atoms in total. The van der Waals surface area contributed by atoms with Crippen molar-refractivity contribution in [3.8, 4) is 5.75 Å². The van der Waals surface area contributed by atoms with Crippen LogP contribution < -0.4 is 5.32 Å². The number of nitrogens with zero attached hydrogens (tertiary/aromatic N) is 2. The van der Waals surface area contributed by atoms with E-state index < -0.39 is 0 Å². The van der Waals surface area contributed by atoms with E-state index in [1.54, 1.807) is 6.07 Å². The van der Waals surface area contributed by atoms with Crippen molar-refractivity contribution in [3.05, 3.63) is 39.4 Å². The van der Waals surface area contributed by atoms with Crippen LogP contribution >= 0.6 is 12.2 Å². The normalized spacial score (nSPS) is 13.8. The molecule has 24 heavy (non-hydrogen) atoms. The first-order chi connectivity index (χ1) is 11.5. The molecule has 1 aliphatic rings. The van der Waals surface area contributed by atoms with Crippen molar-refractivity contribution >= 4 is 18.1 Å². The number of hydrogen-bond acceptors (Lipinski definition) is 4. The summed E-state index contributed by atoms with van der Waals surface area (Å²) in [5.41, 5.74) is 2.63. The summed E-state index contributed by atoms with van der Waals surface area (Å²) >= 11 is 5.20. The summed E-state index contributed by atoms with van der Waals surface area (Å²) in [5.74, 6) is 0.404. The van der Waals surface area contributed by atoms with Crippen LogP contribution in [0.1, 0.15) is 60.0 Å². The van der Waals surface area contributed by atoms with E-state index in [1.807, 2.05) is 24.5 Å². The number of carbonyl (C=O) groups excluding carboxylic acids is 1. The number of amides is 1. The smallest absolute Gasteiger partial charge is 0.255 e. The number of aromatic amines is 1. The molecule has 2 aromatic rings. The number of H-pyrrole nitrogens is 1. The lowest BCUT2D eigenvalue weighted by molar-refractivity contribution is 0.0946. The summed E-state index contributed by atoms with van der Waals surface area (Å²) in [4.78, 5) is 12.5. The fourth-order valence-electron chi connectivity index (χ4n) is 3.20. The predicted octanol–water partition coefficient (Wildman–Crippen LogP) is 3.04. The van der Waals surface area contributed by atoms with Gasteiger partial charge in [-0.15, -0.1) is 0 Å². The van der Waals surface area contributed by atoms with Gasteiger partial charge in [-0.2, -0.15) is 5.10 Å². The van der Waals surface area contributed by atoms with Crippen LogP contribution in [0.4, 0.5) is 0 Å². The molecular weight excluding hydrogens is 324 g/mol. The number of nitrogens with one attached hydrogen (secondary N) is 2. The zero-order chi connectivity index (χ0) is 17.3. The number of phenols is 1. The van der Waals surface area contributed by atoms with E-state index in [2.05, 4.69) is 15.5 Å². The number of rotatable bonds is 4. The van der Waals surface area contributed by atoms with E-state index >= 15 is 0 Å². The van der Waals surface area contributed by atoms with E-state index in [0.29, 0.717) is 16.2 Å². The van der Waals surface area contributed by atoms with E-state index in [-0.39, 0.29) is 24.2 Å². The van der Waals surface area contributed by atoms with Gasteiger partial charge in [0.05, 0.1) is 12.1 Å². The fourth-order valence-corrected chi connectivity index (χ4v) is 3.57. The molecule has 0 bridgehead atoms. The monoisotopic (exact) mass is 346 g/mol. The molecular formula is C17H22N4O2S. The van der Waals surface area contributed by atoms with Crippen molar-refractivity contribution in [1.82, 2.24) is 20.1 Å². The minimum absolute atomic E-state index is 0.0378. The highest BCUT2D eigenvalue weighted by atomic mass is 32.1. The highest BCUT2D eigenvalue weighted by molar-refractivity contribution is 7.71. The molecule has 0 spiro atoms.